The van der Waals surface area contributed by atoms with Crippen LogP contribution in [-0.4, -0.2) is 21.7 Å². The molecule has 8 heteroatoms. The van der Waals surface area contributed by atoms with Crippen LogP contribution in [0.1, 0.15) is 25.1 Å². The minimum Gasteiger partial charge on any atom is -0.493 e. The molecule has 0 amide bonds. The summed E-state index contributed by atoms with van der Waals surface area (Å²) in [6, 6.07) is 4.54. The first kappa shape index (κ1) is 14.8. The van der Waals surface area contributed by atoms with Crippen molar-refractivity contribution in [3.63, 3.8) is 0 Å². The van der Waals surface area contributed by atoms with Gasteiger partial charge in [0.1, 0.15) is 5.75 Å². The standard InChI is InChI=1S/C13H16N4O4/c1-3-4-20-12-6-10(5-11(7-12)17(18)19)14-8-13-15-9(2)21-16-13/h5-7,14H,3-4,8H2,1-2H3. The van der Waals surface area contributed by atoms with Crippen LogP contribution in [0.25, 0.3) is 0 Å². The average Bonchev–Trinajstić information content (AvgIpc) is 2.88. The van der Waals surface area contributed by atoms with Crippen molar-refractivity contribution < 1.29 is 14.2 Å². The number of non-ortho nitro benzene ring substituents is 1. The number of hydrogen-bond acceptors (Lipinski definition) is 7. The second-order valence-corrected chi connectivity index (χ2v) is 4.40. The highest BCUT2D eigenvalue weighted by Crippen LogP contribution is 2.26. The Hall–Kier alpha value is -2.64. The van der Waals surface area contributed by atoms with E-state index in [1.165, 1.54) is 12.1 Å². The van der Waals surface area contributed by atoms with Gasteiger partial charge in [0.15, 0.2) is 5.82 Å². The number of nitrogens with one attached hydrogen (secondary N) is 1. The minimum absolute atomic E-state index is 0.0320. The summed E-state index contributed by atoms with van der Waals surface area (Å²) < 4.78 is 10.3. The molecule has 0 atom stereocenters. The predicted octanol–water partition coefficient (Wildman–Crippen LogP) is 2.69. The largest absolute Gasteiger partial charge is 0.493 e. The average molecular weight is 292 g/mol. The van der Waals surface area contributed by atoms with Crippen molar-refractivity contribution in [2.24, 2.45) is 0 Å². The molecule has 0 aliphatic heterocycles. The third kappa shape index (κ3) is 4.16. The highest BCUT2D eigenvalue weighted by Gasteiger charge is 2.11. The van der Waals surface area contributed by atoms with Crippen LogP contribution in [0.3, 0.4) is 0 Å². The fraction of sp³-hybridized carbons (Fsp3) is 0.385. The van der Waals surface area contributed by atoms with Crippen LogP contribution in [0.15, 0.2) is 22.7 Å². The molecule has 0 spiro atoms. The van der Waals surface area contributed by atoms with Crippen molar-refractivity contribution in [3.05, 3.63) is 40.0 Å². The topological polar surface area (TPSA) is 103 Å². The molecule has 0 aliphatic carbocycles. The quantitative estimate of drug-likeness (QED) is 0.618. The van der Waals surface area contributed by atoms with Crippen LogP contribution in [0.5, 0.6) is 5.75 Å². The van der Waals surface area contributed by atoms with Gasteiger partial charge in [-0.3, -0.25) is 10.1 Å². The number of nitro benzene ring substituents is 1. The molecule has 0 saturated carbocycles. The summed E-state index contributed by atoms with van der Waals surface area (Å²) in [5, 5.41) is 17.7. The first-order chi connectivity index (χ1) is 10.1. The molecule has 21 heavy (non-hydrogen) atoms. The lowest BCUT2D eigenvalue weighted by Crippen LogP contribution is -2.03. The first-order valence-electron chi connectivity index (χ1n) is 6.54. The molecule has 1 heterocycles. The Balaban J connectivity index is 2.12. The van der Waals surface area contributed by atoms with Crippen LogP contribution in [-0.2, 0) is 6.54 Å². The Bertz CT molecular complexity index is 626. The SMILES string of the molecule is CCCOc1cc(NCc2noc(C)n2)cc([N+](=O)[O-])c1. The fourth-order valence-electron chi connectivity index (χ4n) is 1.69. The summed E-state index contributed by atoms with van der Waals surface area (Å²) in [5.74, 6) is 1.41. The first-order valence-corrected chi connectivity index (χ1v) is 6.54. The molecule has 0 unspecified atom stereocenters. The number of hydrogen-bond donors (Lipinski definition) is 1. The van der Waals surface area contributed by atoms with E-state index < -0.39 is 4.92 Å². The van der Waals surface area contributed by atoms with Crippen molar-refractivity contribution in [1.82, 2.24) is 10.1 Å². The normalized spacial score (nSPS) is 10.4. The zero-order valence-electron chi connectivity index (χ0n) is 11.8. The van der Waals surface area contributed by atoms with E-state index >= 15 is 0 Å². The zero-order chi connectivity index (χ0) is 15.2. The second-order valence-electron chi connectivity index (χ2n) is 4.40. The Morgan fingerprint density at radius 2 is 2.24 bits per heavy atom. The van der Waals surface area contributed by atoms with Gasteiger partial charge in [-0.15, -0.1) is 0 Å². The highest BCUT2D eigenvalue weighted by molar-refractivity contribution is 5.56. The van der Waals surface area contributed by atoms with Gasteiger partial charge in [-0.1, -0.05) is 12.1 Å². The maximum Gasteiger partial charge on any atom is 0.275 e. The van der Waals surface area contributed by atoms with E-state index in [2.05, 4.69) is 15.5 Å². The molecule has 0 bridgehead atoms. The van der Waals surface area contributed by atoms with Gasteiger partial charge in [0.2, 0.25) is 5.89 Å². The maximum atomic E-state index is 10.9. The Morgan fingerprint density at radius 1 is 1.43 bits per heavy atom. The van der Waals surface area contributed by atoms with E-state index in [-0.39, 0.29) is 5.69 Å². The van der Waals surface area contributed by atoms with E-state index in [9.17, 15) is 10.1 Å². The zero-order valence-corrected chi connectivity index (χ0v) is 11.8. The van der Waals surface area contributed by atoms with Gasteiger partial charge < -0.3 is 14.6 Å². The molecule has 2 aromatic rings. The van der Waals surface area contributed by atoms with Gasteiger partial charge in [0.05, 0.1) is 24.1 Å². The Morgan fingerprint density at radius 3 is 2.86 bits per heavy atom. The predicted molar refractivity (Wildman–Crippen MR) is 75.2 cm³/mol. The smallest absolute Gasteiger partial charge is 0.275 e. The van der Waals surface area contributed by atoms with E-state index in [1.54, 1.807) is 13.0 Å². The molecule has 0 saturated heterocycles. The summed E-state index contributed by atoms with van der Waals surface area (Å²) in [7, 11) is 0. The lowest BCUT2D eigenvalue weighted by Gasteiger charge is -2.08. The molecular formula is C13H16N4O4. The number of ether oxygens (including phenoxy) is 1. The number of benzene rings is 1. The highest BCUT2D eigenvalue weighted by atomic mass is 16.6. The number of rotatable bonds is 7. The van der Waals surface area contributed by atoms with Crippen LogP contribution in [0, 0.1) is 17.0 Å². The van der Waals surface area contributed by atoms with Crippen LogP contribution in [0.4, 0.5) is 11.4 Å². The van der Waals surface area contributed by atoms with Crippen molar-refractivity contribution in [2.75, 3.05) is 11.9 Å². The Labute approximate surface area is 121 Å². The number of nitrogens with zero attached hydrogens (tertiary/aromatic N) is 3. The molecule has 112 valence electrons. The Kier molecular flexibility index (Phi) is 4.70. The van der Waals surface area contributed by atoms with E-state index in [0.717, 1.165) is 6.42 Å². The lowest BCUT2D eigenvalue weighted by molar-refractivity contribution is -0.384. The third-order valence-electron chi connectivity index (χ3n) is 2.60. The van der Waals surface area contributed by atoms with Gasteiger partial charge in [0.25, 0.3) is 5.69 Å². The lowest BCUT2D eigenvalue weighted by atomic mass is 10.2. The van der Waals surface area contributed by atoms with Crippen molar-refractivity contribution in [2.45, 2.75) is 26.8 Å². The van der Waals surface area contributed by atoms with Gasteiger partial charge in [-0.05, 0) is 6.42 Å². The second kappa shape index (κ2) is 6.69. The molecule has 1 aromatic heterocycles. The number of nitro groups is 1. The van der Waals surface area contributed by atoms with Crippen LogP contribution < -0.4 is 10.1 Å². The third-order valence-corrected chi connectivity index (χ3v) is 2.60. The summed E-state index contributed by atoms with van der Waals surface area (Å²) in [6.45, 7) is 4.48. The van der Waals surface area contributed by atoms with Gasteiger partial charge in [-0.25, -0.2) is 0 Å². The number of aryl methyl sites for hydroxylation is 1. The summed E-state index contributed by atoms with van der Waals surface area (Å²) in [5.41, 5.74) is 0.535. The van der Waals surface area contributed by atoms with Gasteiger partial charge >= 0.3 is 0 Å². The molecule has 0 radical (unpaired) electrons. The van der Waals surface area contributed by atoms with Crippen LogP contribution >= 0.6 is 0 Å². The maximum absolute atomic E-state index is 10.9. The summed E-state index contributed by atoms with van der Waals surface area (Å²) in [4.78, 5) is 14.5. The monoisotopic (exact) mass is 292 g/mol. The van der Waals surface area contributed by atoms with E-state index in [0.29, 0.717) is 36.3 Å². The van der Waals surface area contributed by atoms with Gasteiger partial charge in [0, 0.05) is 24.7 Å². The van der Waals surface area contributed by atoms with E-state index in [4.69, 9.17) is 9.26 Å². The van der Waals surface area contributed by atoms with Crippen molar-refractivity contribution >= 4 is 11.4 Å². The van der Waals surface area contributed by atoms with Gasteiger partial charge in [-0.2, -0.15) is 4.98 Å². The molecule has 0 fully saturated rings. The molecule has 0 aliphatic rings. The summed E-state index contributed by atoms with van der Waals surface area (Å²) >= 11 is 0. The molecule has 1 aromatic carbocycles. The summed E-state index contributed by atoms with van der Waals surface area (Å²) in [6.07, 6.45) is 0.827. The number of anilines is 1. The molecule has 1 N–H and O–H groups in total. The molecule has 2 rings (SSSR count). The number of aromatic nitrogens is 2. The van der Waals surface area contributed by atoms with E-state index in [1.807, 2.05) is 6.92 Å². The molecular weight excluding hydrogens is 276 g/mol. The van der Waals surface area contributed by atoms with Crippen molar-refractivity contribution in [1.29, 1.82) is 0 Å². The van der Waals surface area contributed by atoms with Crippen LogP contribution in [0.2, 0.25) is 0 Å². The van der Waals surface area contributed by atoms with Crippen molar-refractivity contribution in [3.8, 4) is 5.75 Å². The minimum atomic E-state index is -0.456. The fourth-order valence-corrected chi connectivity index (χ4v) is 1.69. The molecule has 8 nitrogen and oxygen atoms in total.